The summed E-state index contributed by atoms with van der Waals surface area (Å²) in [6, 6.07) is 3.80. The summed E-state index contributed by atoms with van der Waals surface area (Å²) in [7, 11) is 1.89. The quantitative estimate of drug-likeness (QED) is 0.846. The number of rotatable bonds is 4. The van der Waals surface area contributed by atoms with Gasteiger partial charge in [-0.2, -0.15) is 5.10 Å². The molecule has 2 aromatic heterocycles. The molecule has 0 aromatic carbocycles. The van der Waals surface area contributed by atoms with E-state index in [1.54, 1.807) is 10.9 Å². The van der Waals surface area contributed by atoms with Gasteiger partial charge in [0.2, 0.25) is 5.95 Å². The van der Waals surface area contributed by atoms with E-state index in [1.807, 2.05) is 25.4 Å². The minimum Gasteiger partial charge on any atom is -0.354 e. The lowest BCUT2D eigenvalue weighted by atomic mass is 10.3. The van der Waals surface area contributed by atoms with Crippen molar-refractivity contribution in [3.63, 3.8) is 0 Å². The van der Waals surface area contributed by atoms with Crippen LogP contribution >= 0.6 is 0 Å². The molecule has 0 fully saturated rings. The molecule has 0 saturated carbocycles. The second-order valence-corrected chi connectivity index (χ2v) is 3.57. The van der Waals surface area contributed by atoms with E-state index >= 15 is 0 Å². The minimum absolute atomic E-state index is 0.657. The second kappa shape index (κ2) is 4.74. The van der Waals surface area contributed by atoms with Crippen LogP contribution in [0.2, 0.25) is 0 Å². The van der Waals surface area contributed by atoms with E-state index in [9.17, 15) is 0 Å². The summed E-state index contributed by atoms with van der Waals surface area (Å²) in [5, 5.41) is 7.46. The van der Waals surface area contributed by atoms with Crippen LogP contribution < -0.4 is 5.32 Å². The highest BCUT2D eigenvalue weighted by atomic mass is 15.3. The topological polar surface area (TPSA) is 55.6 Å². The van der Waals surface area contributed by atoms with E-state index in [1.165, 1.54) is 0 Å². The average Bonchev–Trinajstić information content (AvgIpc) is 2.74. The number of hydrogen-bond acceptors (Lipinski definition) is 4. The number of aromatic nitrogens is 4. The maximum atomic E-state index is 4.40. The van der Waals surface area contributed by atoms with Crippen LogP contribution in [0.4, 0.5) is 5.95 Å². The number of nitrogens with one attached hydrogen (secondary N) is 1. The zero-order chi connectivity index (χ0) is 11.4. The van der Waals surface area contributed by atoms with Gasteiger partial charge in [0.1, 0.15) is 5.69 Å². The van der Waals surface area contributed by atoms with Gasteiger partial charge in [0.05, 0.1) is 5.69 Å². The number of hydrogen-bond donors (Lipinski definition) is 1. The third-order valence-electron chi connectivity index (χ3n) is 2.16. The molecule has 0 aliphatic carbocycles. The molecule has 2 aromatic rings. The van der Waals surface area contributed by atoms with Crippen molar-refractivity contribution >= 4 is 5.95 Å². The van der Waals surface area contributed by atoms with Gasteiger partial charge >= 0.3 is 0 Å². The molecule has 16 heavy (non-hydrogen) atoms. The van der Waals surface area contributed by atoms with E-state index in [0.717, 1.165) is 24.4 Å². The van der Waals surface area contributed by atoms with Gasteiger partial charge in [0, 0.05) is 26.0 Å². The van der Waals surface area contributed by atoms with Crippen molar-refractivity contribution in [2.75, 3.05) is 11.9 Å². The third-order valence-corrected chi connectivity index (χ3v) is 2.16. The SMILES string of the molecule is CCCNc1nccc(-c2ccn(C)n2)n1. The molecule has 0 atom stereocenters. The predicted octanol–water partition coefficient (Wildman–Crippen LogP) is 1.70. The first-order valence-corrected chi connectivity index (χ1v) is 5.36. The molecule has 0 unspecified atom stereocenters. The van der Waals surface area contributed by atoms with Crippen molar-refractivity contribution in [1.82, 2.24) is 19.7 Å². The Morgan fingerprint density at radius 1 is 1.31 bits per heavy atom. The molecule has 2 rings (SSSR count). The smallest absolute Gasteiger partial charge is 0.223 e. The first-order valence-electron chi connectivity index (χ1n) is 5.36. The van der Waals surface area contributed by atoms with Crippen LogP contribution in [-0.2, 0) is 7.05 Å². The normalized spacial score (nSPS) is 10.4. The number of nitrogens with zero attached hydrogens (tertiary/aromatic N) is 4. The fourth-order valence-electron chi connectivity index (χ4n) is 1.38. The molecular weight excluding hydrogens is 202 g/mol. The lowest BCUT2D eigenvalue weighted by Gasteiger charge is -2.03. The molecule has 0 amide bonds. The van der Waals surface area contributed by atoms with Crippen molar-refractivity contribution < 1.29 is 0 Å². The molecule has 0 radical (unpaired) electrons. The Hall–Kier alpha value is -1.91. The summed E-state index contributed by atoms with van der Waals surface area (Å²) < 4.78 is 1.76. The van der Waals surface area contributed by atoms with Crippen LogP contribution in [-0.4, -0.2) is 26.3 Å². The van der Waals surface area contributed by atoms with Gasteiger partial charge in [-0.25, -0.2) is 9.97 Å². The lowest BCUT2D eigenvalue weighted by Crippen LogP contribution is -2.04. The Bertz CT molecular complexity index is 463. The third kappa shape index (κ3) is 2.36. The molecule has 5 heteroatoms. The zero-order valence-corrected chi connectivity index (χ0v) is 9.51. The molecule has 0 aliphatic rings. The molecular formula is C11H15N5. The van der Waals surface area contributed by atoms with Gasteiger partial charge < -0.3 is 5.32 Å². The predicted molar refractivity (Wildman–Crippen MR) is 63.0 cm³/mol. The second-order valence-electron chi connectivity index (χ2n) is 3.57. The summed E-state index contributed by atoms with van der Waals surface area (Å²) in [6.07, 6.45) is 4.70. The fraction of sp³-hybridized carbons (Fsp3) is 0.364. The van der Waals surface area contributed by atoms with Crippen molar-refractivity contribution in [2.45, 2.75) is 13.3 Å². The van der Waals surface area contributed by atoms with Crippen molar-refractivity contribution in [2.24, 2.45) is 7.05 Å². The molecule has 0 bridgehead atoms. The van der Waals surface area contributed by atoms with Crippen LogP contribution in [0.3, 0.4) is 0 Å². The molecule has 0 spiro atoms. The molecule has 2 heterocycles. The maximum Gasteiger partial charge on any atom is 0.223 e. The Kier molecular flexibility index (Phi) is 3.14. The maximum absolute atomic E-state index is 4.40. The zero-order valence-electron chi connectivity index (χ0n) is 9.51. The van der Waals surface area contributed by atoms with Crippen LogP contribution in [0, 0.1) is 0 Å². The van der Waals surface area contributed by atoms with Gasteiger partial charge in [-0.15, -0.1) is 0 Å². The highest BCUT2D eigenvalue weighted by molar-refractivity contribution is 5.54. The monoisotopic (exact) mass is 217 g/mol. The van der Waals surface area contributed by atoms with E-state index in [-0.39, 0.29) is 0 Å². The average molecular weight is 217 g/mol. The Morgan fingerprint density at radius 3 is 2.88 bits per heavy atom. The summed E-state index contributed by atoms with van der Waals surface area (Å²) >= 11 is 0. The van der Waals surface area contributed by atoms with Gasteiger partial charge in [-0.1, -0.05) is 6.92 Å². The summed E-state index contributed by atoms with van der Waals surface area (Å²) in [5.41, 5.74) is 1.71. The first kappa shape index (κ1) is 10.6. The summed E-state index contributed by atoms with van der Waals surface area (Å²) in [5.74, 6) is 0.657. The summed E-state index contributed by atoms with van der Waals surface area (Å²) in [4.78, 5) is 8.55. The number of anilines is 1. The van der Waals surface area contributed by atoms with Crippen molar-refractivity contribution in [3.8, 4) is 11.4 Å². The van der Waals surface area contributed by atoms with E-state index in [2.05, 4.69) is 27.3 Å². The van der Waals surface area contributed by atoms with Crippen LogP contribution in [0.5, 0.6) is 0 Å². The van der Waals surface area contributed by atoms with Gasteiger partial charge in [0.15, 0.2) is 0 Å². The lowest BCUT2D eigenvalue weighted by molar-refractivity contribution is 0.770. The molecule has 5 nitrogen and oxygen atoms in total. The molecule has 0 aliphatic heterocycles. The van der Waals surface area contributed by atoms with Gasteiger partial charge in [0.25, 0.3) is 0 Å². The first-order chi connectivity index (χ1) is 7.79. The molecule has 84 valence electrons. The van der Waals surface area contributed by atoms with E-state index < -0.39 is 0 Å². The standard InChI is InChI=1S/C11H15N5/c1-3-6-12-11-13-7-4-9(14-11)10-5-8-16(2)15-10/h4-5,7-8H,3,6H2,1-2H3,(H,12,13,14). The molecule has 0 saturated heterocycles. The van der Waals surface area contributed by atoms with Crippen LogP contribution in [0.1, 0.15) is 13.3 Å². The van der Waals surface area contributed by atoms with Gasteiger partial charge in [-0.05, 0) is 18.6 Å². The van der Waals surface area contributed by atoms with E-state index in [0.29, 0.717) is 5.95 Å². The van der Waals surface area contributed by atoms with Crippen LogP contribution in [0.15, 0.2) is 24.5 Å². The van der Waals surface area contributed by atoms with Gasteiger partial charge in [-0.3, -0.25) is 4.68 Å². The molecule has 1 N–H and O–H groups in total. The van der Waals surface area contributed by atoms with Crippen LogP contribution in [0.25, 0.3) is 11.4 Å². The Labute approximate surface area is 94.5 Å². The fourth-order valence-corrected chi connectivity index (χ4v) is 1.38. The Balaban J connectivity index is 2.22. The largest absolute Gasteiger partial charge is 0.354 e. The van der Waals surface area contributed by atoms with Crippen molar-refractivity contribution in [3.05, 3.63) is 24.5 Å². The minimum atomic E-state index is 0.657. The highest BCUT2D eigenvalue weighted by Crippen LogP contribution is 2.14. The summed E-state index contributed by atoms with van der Waals surface area (Å²) in [6.45, 7) is 2.99. The Morgan fingerprint density at radius 2 is 2.19 bits per heavy atom. The van der Waals surface area contributed by atoms with Crippen molar-refractivity contribution in [1.29, 1.82) is 0 Å². The van der Waals surface area contributed by atoms with E-state index in [4.69, 9.17) is 0 Å². The highest BCUT2D eigenvalue weighted by Gasteiger charge is 2.04. The number of aryl methyl sites for hydroxylation is 1.